The molecule has 0 saturated carbocycles. The normalized spacial score (nSPS) is 10.9. The highest BCUT2D eigenvalue weighted by Gasteiger charge is 2.23. The lowest BCUT2D eigenvalue weighted by Crippen LogP contribution is -2.16. The molecule has 0 fully saturated rings. The summed E-state index contributed by atoms with van der Waals surface area (Å²) in [6.45, 7) is 6.38. The lowest BCUT2D eigenvalue weighted by atomic mass is 10.1. The SMILES string of the molecule is CCCCOC(=O)c1ccc(NC(=O)c2nnn(-c3ccc(Cl)cc3)c2C(C)C)cc1. The molecule has 0 aliphatic rings. The second-order valence-corrected chi connectivity index (χ2v) is 7.82. The summed E-state index contributed by atoms with van der Waals surface area (Å²) >= 11 is 5.97. The molecule has 1 aromatic heterocycles. The average Bonchev–Trinajstić information content (AvgIpc) is 3.20. The summed E-state index contributed by atoms with van der Waals surface area (Å²) < 4.78 is 6.84. The maximum Gasteiger partial charge on any atom is 0.338 e. The van der Waals surface area contributed by atoms with Gasteiger partial charge in [0.25, 0.3) is 5.91 Å². The van der Waals surface area contributed by atoms with E-state index in [1.807, 2.05) is 32.9 Å². The molecule has 0 aliphatic heterocycles. The third kappa shape index (κ3) is 5.49. The number of benzene rings is 2. The zero-order valence-electron chi connectivity index (χ0n) is 17.8. The molecular weight excluding hydrogens is 416 g/mol. The Hall–Kier alpha value is -3.19. The van der Waals surface area contributed by atoms with Crippen LogP contribution in [0.4, 0.5) is 5.69 Å². The van der Waals surface area contributed by atoms with Crippen molar-refractivity contribution < 1.29 is 14.3 Å². The van der Waals surface area contributed by atoms with E-state index in [0.29, 0.717) is 28.6 Å². The number of hydrogen-bond acceptors (Lipinski definition) is 5. The van der Waals surface area contributed by atoms with E-state index in [4.69, 9.17) is 16.3 Å². The molecule has 2 aromatic carbocycles. The van der Waals surface area contributed by atoms with Crippen molar-refractivity contribution >= 4 is 29.2 Å². The van der Waals surface area contributed by atoms with Crippen LogP contribution in [0.3, 0.4) is 0 Å². The van der Waals surface area contributed by atoms with E-state index in [1.165, 1.54) is 0 Å². The Labute approximate surface area is 186 Å². The number of nitrogens with one attached hydrogen (secondary N) is 1. The number of rotatable bonds is 8. The Kier molecular flexibility index (Phi) is 7.41. The average molecular weight is 441 g/mol. The number of carbonyl (C=O) groups excluding carboxylic acids is 2. The van der Waals surface area contributed by atoms with Crippen LogP contribution in [0.15, 0.2) is 48.5 Å². The van der Waals surface area contributed by atoms with Gasteiger partial charge in [-0.05, 0) is 60.9 Å². The molecule has 7 nitrogen and oxygen atoms in total. The Morgan fingerprint density at radius 2 is 1.77 bits per heavy atom. The topological polar surface area (TPSA) is 86.1 Å². The third-order valence-electron chi connectivity index (χ3n) is 4.65. The standard InChI is InChI=1S/C23H25ClN4O3/c1-4-5-14-31-23(30)16-6-10-18(11-7-16)25-22(29)20-21(15(2)3)28(27-26-20)19-12-8-17(24)9-13-19/h6-13,15H,4-5,14H2,1-3H3,(H,25,29). The second-order valence-electron chi connectivity index (χ2n) is 7.39. The summed E-state index contributed by atoms with van der Waals surface area (Å²) in [5, 5.41) is 11.7. The van der Waals surface area contributed by atoms with Crippen molar-refractivity contribution in [3.05, 3.63) is 70.5 Å². The highest BCUT2D eigenvalue weighted by Crippen LogP contribution is 2.23. The fourth-order valence-electron chi connectivity index (χ4n) is 3.01. The van der Waals surface area contributed by atoms with Gasteiger partial charge in [-0.15, -0.1) is 5.10 Å². The molecule has 1 heterocycles. The Morgan fingerprint density at radius 1 is 1.10 bits per heavy atom. The highest BCUT2D eigenvalue weighted by atomic mass is 35.5. The molecule has 8 heteroatoms. The van der Waals surface area contributed by atoms with Crippen molar-refractivity contribution in [3.8, 4) is 5.69 Å². The van der Waals surface area contributed by atoms with Crippen LogP contribution < -0.4 is 5.32 Å². The van der Waals surface area contributed by atoms with Gasteiger partial charge in [0.2, 0.25) is 0 Å². The minimum atomic E-state index is -0.376. The van der Waals surface area contributed by atoms with E-state index >= 15 is 0 Å². The minimum Gasteiger partial charge on any atom is -0.462 e. The van der Waals surface area contributed by atoms with Gasteiger partial charge in [-0.3, -0.25) is 4.79 Å². The van der Waals surface area contributed by atoms with E-state index in [-0.39, 0.29) is 23.5 Å². The first-order valence-electron chi connectivity index (χ1n) is 10.2. The highest BCUT2D eigenvalue weighted by molar-refractivity contribution is 6.30. The van der Waals surface area contributed by atoms with Crippen LogP contribution in [0.1, 0.15) is 66.1 Å². The maximum absolute atomic E-state index is 12.9. The number of hydrogen-bond donors (Lipinski definition) is 1. The molecule has 0 bridgehead atoms. The number of aromatic nitrogens is 3. The molecule has 0 spiro atoms. The zero-order valence-corrected chi connectivity index (χ0v) is 18.5. The Morgan fingerprint density at radius 3 is 2.39 bits per heavy atom. The minimum absolute atomic E-state index is 0.00620. The molecule has 0 atom stereocenters. The van der Waals surface area contributed by atoms with E-state index in [9.17, 15) is 9.59 Å². The first kappa shape index (κ1) is 22.5. The van der Waals surface area contributed by atoms with Gasteiger partial charge in [-0.2, -0.15) is 0 Å². The van der Waals surface area contributed by atoms with Crippen molar-refractivity contribution in [2.24, 2.45) is 0 Å². The quantitative estimate of drug-likeness (QED) is 0.381. The van der Waals surface area contributed by atoms with Crippen LogP contribution in [-0.4, -0.2) is 33.5 Å². The fraction of sp³-hybridized carbons (Fsp3) is 0.304. The van der Waals surface area contributed by atoms with Crippen LogP contribution >= 0.6 is 11.6 Å². The van der Waals surface area contributed by atoms with Gasteiger partial charge in [0.15, 0.2) is 5.69 Å². The fourth-order valence-corrected chi connectivity index (χ4v) is 3.14. The molecular formula is C23H25ClN4O3. The number of anilines is 1. The summed E-state index contributed by atoms with van der Waals surface area (Å²) in [7, 11) is 0. The summed E-state index contributed by atoms with van der Waals surface area (Å²) in [6, 6.07) is 13.7. The molecule has 0 radical (unpaired) electrons. The van der Waals surface area contributed by atoms with Crippen molar-refractivity contribution in [2.75, 3.05) is 11.9 Å². The summed E-state index contributed by atoms with van der Waals surface area (Å²) in [4.78, 5) is 24.9. The Bertz CT molecular complexity index is 1040. The third-order valence-corrected chi connectivity index (χ3v) is 4.90. The van der Waals surface area contributed by atoms with Crippen molar-refractivity contribution in [2.45, 2.75) is 39.5 Å². The van der Waals surface area contributed by atoms with E-state index in [1.54, 1.807) is 41.1 Å². The van der Waals surface area contributed by atoms with Gasteiger partial charge in [-0.1, -0.05) is 44.0 Å². The molecule has 1 amide bonds. The smallest absolute Gasteiger partial charge is 0.338 e. The monoisotopic (exact) mass is 440 g/mol. The van der Waals surface area contributed by atoms with Gasteiger partial charge < -0.3 is 10.1 Å². The van der Waals surface area contributed by atoms with Crippen LogP contribution in [-0.2, 0) is 4.74 Å². The second kappa shape index (κ2) is 10.2. The molecule has 1 N–H and O–H groups in total. The van der Waals surface area contributed by atoms with E-state index < -0.39 is 0 Å². The number of nitrogens with zero attached hydrogens (tertiary/aromatic N) is 3. The van der Waals surface area contributed by atoms with E-state index in [0.717, 1.165) is 18.5 Å². The first-order valence-corrected chi connectivity index (χ1v) is 10.6. The zero-order chi connectivity index (χ0) is 22.4. The molecule has 0 aliphatic carbocycles. The Balaban J connectivity index is 1.76. The van der Waals surface area contributed by atoms with Crippen LogP contribution in [0.25, 0.3) is 5.69 Å². The van der Waals surface area contributed by atoms with Gasteiger partial charge in [0, 0.05) is 10.7 Å². The molecule has 31 heavy (non-hydrogen) atoms. The number of unbranched alkanes of at least 4 members (excludes halogenated alkanes) is 1. The van der Waals surface area contributed by atoms with E-state index in [2.05, 4.69) is 15.6 Å². The number of carbonyl (C=O) groups is 2. The van der Waals surface area contributed by atoms with Crippen LogP contribution in [0.5, 0.6) is 0 Å². The summed E-state index contributed by atoms with van der Waals surface area (Å²) in [5.74, 6) is -0.742. The van der Waals surface area contributed by atoms with Gasteiger partial charge >= 0.3 is 5.97 Å². The predicted octanol–water partition coefficient (Wildman–Crippen LogP) is 5.25. The summed E-state index contributed by atoms with van der Waals surface area (Å²) in [6.07, 6.45) is 1.79. The van der Waals surface area contributed by atoms with Crippen molar-refractivity contribution in [3.63, 3.8) is 0 Å². The number of amides is 1. The van der Waals surface area contributed by atoms with Gasteiger partial charge in [-0.25, -0.2) is 9.48 Å². The molecule has 0 saturated heterocycles. The molecule has 162 valence electrons. The predicted molar refractivity (Wildman–Crippen MR) is 120 cm³/mol. The summed E-state index contributed by atoms with van der Waals surface area (Å²) in [5.41, 5.74) is 2.69. The number of esters is 1. The first-order chi connectivity index (χ1) is 14.9. The largest absolute Gasteiger partial charge is 0.462 e. The van der Waals surface area contributed by atoms with Gasteiger partial charge in [0.05, 0.1) is 23.6 Å². The van der Waals surface area contributed by atoms with Crippen LogP contribution in [0, 0.1) is 0 Å². The number of halogens is 1. The van der Waals surface area contributed by atoms with Crippen LogP contribution in [0.2, 0.25) is 5.02 Å². The van der Waals surface area contributed by atoms with Gasteiger partial charge in [0.1, 0.15) is 0 Å². The maximum atomic E-state index is 12.9. The molecule has 0 unspecified atom stereocenters. The lowest BCUT2D eigenvalue weighted by Gasteiger charge is -2.11. The van der Waals surface area contributed by atoms with Crippen molar-refractivity contribution in [1.29, 1.82) is 0 Å². The number of ether oxygens (including phenoxy) is 1. The molecule has 3 aromatic rings. The molecule has 3 rings (SSSR count). The lowest BCUT2D eigenvalue weighted by molar-refractivity contribution is 0.0499. The van der Waals surface area contributed by atoms with Crippen molar-refractivity contribution in [1.82, 2.24) is 15.0 Å².